The molecule has 0 atom stereocenters. The molecular weight excluding hydrogens is 729 g/mol. The number of pyridine rings is 1. The molecule has 270 valence electrons. The predicted octanol–water partition coefficient (Wildman–Crippen LogP) is 14.2. The van der Waals surface area contributed by atoms with Crippen LogP contribution in [0.5, 0.6) is 0 Å². The highest BCUT2D eigenvalue weighted by atomic mass is 32.1. The van der Waals surface area contributed by atoms with Crippen LogP contribution in [-0.2, 0) is 0 Å². The summed E-state index contributed by atoms with van der Waals surface area (Å²) >= 11 is 1.84. The van der Waals surface area contributed by atoms with E-state index in [1.165, 1.54) is 36.3 Å². The van der Waals surface area contributed by atoms with Crippen LogP contribution in [0, 0.1) is 0 Å². The van der Waals surface area contributed by atoms with E-state index in [9.17, 15) is 0 Å². The molecule has 0 unspecified atom stereocenters. The maximum absolute atomic E-state index is 6.41. The number of hydrogen-bond acceptors (Lipinski definition) is 6. The fourth-order valence-corrected chi connectivity index (χ4v) is 9.63. The predicted molar refractivity (Wildman–Crippen MR) is 240 cm³/mol. The number of fused-ring (bicyclic) bond motifs is 10. The molecular formula is C52H30N4OS. The molecule has 4 heterocycles. The molecule has 0 bridgehead atoms. The first-order valence-electron chi connectivity index (χ1n) is 19.3. The Morgan fingerprint density at radius 1 is 0.397 bits per heavy atom. The third-order valence-corrected chi connectivity index (χ3v) is 12.3. The monoisotopic (exact) mass is 758 g/mol. The zero-order chi connectivity index (χ0) is 38.2. The Bertz CT molecular complexity index is 3570. The van der Waals surface area contributed by atoms with Crippen molar-refractivity contribution in [1.82, 2.24) is 19.9 Å². The zero-order valence-corrected chi connectivity index (χ0v) is 31.7. The summed E-state index contributed by atoms with van der Waals surface area (Å²) in [6.07, 6.45) is 0. The fraction of sp³-hybridized carbons (Fsp3) is 0. The third kappa shape index (κ3) is 5.23. The van der Waals surface area contributed by atoms with E-state index in [0.29, 0.717) is 17.5 Å². The second-order valence-electron chi connectivity index (χ2n) is 14.6. The number of thiophene rings is 1. The Hall–Kier alpha value is -7.54. The third-order valence-electron chi connectivity index (χ3n) is 11.1. The summed E-state index contributed by atoms with van der Waals surface area (Å²) < 4.78 is 8.92. The summed E-state index contributed by atoms with van der Waals surface area (Å²) in [5.74, 6) is 1.81. The van der Waals surface area contributed by atoms with Crippen molar-refractivity contribution in [2.75, 3.05) is 0 Å². The van der Waals surface area contributed by atoms with Gasteiger partial charge in [-0.1, -0.05) is 158 Å². The van der Waals surface area contributed by atoms with Gasteiger partial charge in [0, 0.05) is 64.1 Å². The van der Waals surface area contributed by atoms with E-state index in [2.05, 4.69) is 133 Å². The van der Waals surface area contributed by atoms with Gasteiger partial charge in [-0.2, -0.15) is 0 Å². The average molecular weight is 759 g/mol. The minimum atomic E-state index is 0.599. The van der Waals surface area contributed by atoms with E-state index < -0.39 is 0 Å². The smallest absolute Gasteiger partial charge is 0.164 e. The molecule has 0 aliphatic heterocycles. The van der Waals surface area contributed by atoms with Crippen molar-refractivity contribution >= 4 is 75.1 Å². The molecule has 0 saturated heterocycles. The molecule has 6 heteroatoms. The molecule has 0 spiro atoms. The number of furan rings is 1. The van der Waals surface area contributed by atoms with Crippen molar-refractivity contribution in [2.45, 2.75) is 0 Å². The van der Waals surface area contributed by atoms with E-state index in [4.69, 9.17) is 24.4 Å². The molecule has 5 nitrogen and oxygen atoms in total. The highest BCUT2D eigenvalue weighted by Gasteiger charge is 2.19. The number of benzene rings is 8. The largest absolute Gasteiger partial charge is 0.455 e. The zero-order valence-electron chi connectivity index (χ0n) is 30.9. The van der Waals surface area contributed by atoms with E-state index in [0.717, 1.165) is 66.5 Å². The SMILES string of the molecule is c1ccc(-c2nc(-c3ccc(-c4nc5ccc6ccccc6c5c5sc6ccccc6c45)cc3)nc(-c3cccc(-c4cccc5c4oc4ccccc45)c3)n2)cc1. The van der Waals surface area contributed by atoms with E-state index >= 15 is 0 Å². The van der Waals surface area contributed by atoms with E-state index in [1.54, 1.807) is 0 Å². The van der Waals surface area contributed by atoms with Gasteiger partial charge in [0.1, 0.15) is 11.2 Å². The van der Waals surface area contributed by atoms with Crippen LogP contribution in [0.3, 0.4) is 0 Å². The summed E-state index contributed by atoms with van der Waals surface area (Å²) in [7, 11) is 0. The summed E-state index contributed by atoms with van der Waals surface area (Å²) in [6, 6.07) is 63.1. The summed E-state index contributed by atoms with van der Waals surface area (Å²) in [6.45, 7) is 0. The minimum absolute atomic E-state index is 0.599. The Morgan fingerprint density at radius 3 is 1.86 bits per heavy atom. The molecule has 0 radical (unpaired) electrons. The van der Waals surface area contributed by atoms with Gasteiger partial charge in [-0.15, -0.1) is 11.3 Å². The molecule has 0 fully saturated rings. The van der Waals surface area contributed by atoms with E-state index in [-0.39, 0.29) is 0 Å². The van der Waals surface area contributed by atoms with Crippen LogP contribution < -0.4 is 0 Å². The van der Waals surface area contributed by atoms with Gasteiger partial charge >= 0.3 is 0 Å². The average Bonchev–Trinajstić information content (AvgIpc) is 3.88. The van der Waals surface area contributed by atoms with Gasteiger partial charge in [0.15, 0.2) is 17.5 Å². The second kappa shape index (κ2) is 13.0. The lowest BCUT2D eigenvalue weighted by molar-refractivity contribution is 0.670. The lowest BCUT2D eigenvalue weighted by Crippen LogP contribution is -2.00. The van der Waals surface area contributed by atoms with Crippen molar-refractivity contribution in [3.63, 3.8) is 0 Å². The molecule has 0 saturated carbocycles. The minimum Gasteiger partial charge on any atom is -0.455 e. The maximum Gasteiger partial charge on any atom is 0.164 e. The number of rotatable bonds is 5. The molecule has 0 amide bonds. The van der Waals surface area contributed by atoms with Gasteiger partial charge in [-0.05, 0) is 40.6 Å². The van der Waals surface area contributed by atoms with Gasteiger partial charge in [-0.25, -0.2) is 19.9 Å². The van der Waals surface area contributed by atoms with Crippen LogP contribution >= 0.6 is 11.3 Å². The first-order valence-corrected chi connectivity index (χ1v) is 20.1. The summed E-state index contributed by atoms with van der Waals surface area (Å²) in [5, 5.41) is 8.25. The first-order chi connectivity index (χ1) is 28.7. The van der Waals surface area contributed by atoms with Crippen LogP contribution in [0.15, 0.2) is 186 Å². The van der Waals surface area contributed by atoms with Crippen LogP contribution in [-0.4, -0.2) is 19.9 Å². The van der Waals surface area contributed by atoms with Crippen molar-refractivity contribution < 1.29 is 4.42 Å². The molecule has 0 N–H and O–H groups in total. The Kier molecular flexibility index (Phi) is 7.33. The maximum atomic E-state index is 6.41. The molecule has 12 aromatic rings. The van der Waals surface area contributed by atoms with Crippen LogP contribution in [0.4, 0.5) is 0 Å². The van der Waals surface area contributed by atoms with Crippen molar-refractivity contribution in [1.29, 1.82) is 0 Å². The number of aromatic nitrogens is 4. The topological polar surface area (TPSA) is 64.7 Å². The highest BCUT2D eigenvalue weighted by Crippen LogP contribution is 2.45. The number of para-hydroxylation sites is 2. The molecule has 0 aliphatic carbocycles. The van der Waals surface area contributed by atoms with Gasteiger partial charge in [0.2, 0.25) is 0 Å². The summed E-state index contributed by atoms with van der Waals surface area (Å²) in [4.78, 5) is 20.6. The summed E-state index contributed by atoms with van der Waals surface area (Å²) in [5.41, 5.74) is 9.50. The van der Waals surface area contributed by atoms with Crippen LogP contribution in [0.2, 0.25) is 0 Å². The van der Waals surface area contributed by atoms with Crippen LogP contribution in [0.25, 0.3) is 120 Å². The quantitative estimate of drug-likeness (QED) is 0.164. The molecule has 58 heavy (non-hydrogen) atoms. The lowest BCUT2D eigenvalue weighted by Gasteiger charge is -2.11. The Balaban J connectivity index is 0.995. The van der Waals surface area contributed by atoms with Crippen LogP contribution in [0.1, 0.15) is 0 Å². The molecule has 12 rings (SSSR count). The highest BCUT2D eigenvalue weighted by molar-refractivity contribution is 7.27. The lowest BCUT2D eigenvalue weighted by atomic mass is 9.99. The Morgan fingerprint density at radius 2 is 1.02 bits per heavy atom. The molecule has 8 aromatic carbocycles. The van der Waals surface area contributed by atoms with Gasteiger partial charge < -0.3 is 4.42 Å². The Labute approximate surface area is 336 Å². The molecule has 0 aliphatic rings. The standard InChI is InChI=1S/C52H30N4OS/c1-2-13-33(14-3-1)50-54-51(56-52(55-50)36-16-10-15-35(30-36)38-20-11-21-40-39-18-6-8-22-43(39)57-48(38)40)34-26-24-32(25-27-34)47-46-41-19-7-9-23-44(41)58-49(46)45-37-17-5-4-12-31(37)28-29-42(45)53-47/h1-30H. The van der Waals surface area contributed by atoms with Gasteiger partial charge in [-0.3, -0.25) is 0 Å². The normalized spacial score (nSPS) is 11.8. The van der Waals surface area contributed by atoms with Crippen molar-refractivity contribution in [2.24, 2.45) is 0 Å². The van der Waals surface area contributed by atoms with Gasteiger partial charge in [0.05, 0.1) is 11.2 Å². The van der Waals surface area contributed by atoms with Crippen molar-refractivity contribution in [3.8, 4) is 56.5 Å². The van der Waals surface area contributed by atoms with Gasteiger partial charge in [0.25, 0.3) is 0 Å². The van der Waals surface area contributed by atoms with Crippen molar-refractivity contribution in [3.05, 3.63) is 182 Å². The fourth-order valence-electron chi connectivity index (χ4n) is 8.36. The number of hydrogen-bond donors (Lipinski definition) is 0. The first kappa shape index (κ1) is 32.7. The number of nitrogens with zero attached hydrogens (tertiary/aromatic N) is 4. The molecule has 4 aromatic heterocycles. The second-order valence-corrected chi connectivity index (χ2v) is 15.6. The van der Waals surface area contributed by atoms with E-state index in [1.807, 2.05) is 59.9 Å².